The Morgan fingerprint density at radius 3 is 2.66 bits per heavy atom. The van der Waals surface area contributed by atoms with Crippen molar-refractivity contribution in [2.75, 3.05) is 40.0 Å². The lowest BCUT2D eigenvalue weighted by Gasteiger charge is -2.37. The van der Waals surface area contributed by atoms with Crippen molar-refractivity contribution in [1.29, 1.82) is 0 Å². The zero-order valence-electron chi connectivity index (χ0n) is 17.0. The lowest BCUT2D eigenvalue weighted by molar-refractivity contribution is 0.0594. The number of carbonyl (C=O) groups is 1. The van der Waals surface area contributed by atoms with Crippen LogP contribution in [0.5, 0.6) is 5.75 Å². The molecule has 1 aromatic heterocycles. The highest BCUT2D eigenvalue weighted by molar-refractivity contribution is 5.92. The predicted octanol–water partition coefficient (Wildman–Crippen LogP) is 2.91. The number of hydrogen-bond acceptors (Lipinski definition) is 5. The van der Waals surface area contributed by atoms with E-state index in [0.29, 0.717) is 24.9 Å². The lowest BCUT2D eigenvalue weighted by Crippen LogP contribution is -2.44. The molecule has 2 heterocycles. The minimum absolute atomic E-state index is 0.181. The molecular formula is C23H29N3O3. The van der Waals surface area contributed by atoms with Gasteiger partial charge in [0.1, 0.15) is 18.1 Å². The van der Waals surface area contributed by atoms with Gasteiger partial charge in [-0.25, -0.2) is 0 Å². The average Bonchev–Trinajstić information content (AvgIpc) is 2.76. The third kappa shape index (κ3) is 4.77. The van der Waals surface area contributed by atoms with E-state index in [0.717, 1.165) is 48.6 Å². The molecule has 0 spiro atoms. The van der Waals surface area contributed by atoms with Gasteiger partial charge in [0, 0.05) is 37.9 Å². The Morgan fingerprint density at radius 1 is 1.10 bits per heavy atom. The summed E-state index contributed by atoms with van der Waals surface area (Å²) in [5.74, 6) is 0.752. The number of rotatable bonds is 3. The fraction of sp³-hybridized carbons (Fsp3) is 0.478. The summed E-state index contributed by atoms with van der Waals surface area (Å²) in [6, 6.07) is 10.6. The van der Waals surface area contributed by atoms with Gasteiger partial charge in [0.25, 0.3) is 5.91 Å². The second-order valence-electron chi connectivity index (χ2n) is 7.67. The minimum atomic E-state index is -0.181. The lowest BCUT2D eigenvalue weighted by atomic mass is 9.91. The van der Waals surface area contributed by atoms with Gasteiger partial charge in [0.05, 0.1) is 13.2 Å². The second kappa shape index (κ2) is 9.37. The van der Waals surface area contributed by atoms with Gasteiger partial charge in [-0.2, -0.15) is 0 Å². The molecule has 0 bridgehead atoms. The summed E-state index contributed by atoms with van der Waals surface area (Å²) in [4.78, 5) is 18.5. The van der Waals surface area contributed by atoms with Crippen LogP contribution in [0.2, 0.25) is 0 Å². The van der Waals surface area contributed by atoms with Gasteiger partial charge < -0.3 is 14.8 Å². The Hall–Kier alpha value is -2.44. The highest BCUT2D eigenvalue weighted by Gasteiger charge is 2.24. The summed E-state index contributed by atoms with van der Waals surface area (Å²) >= 11 is 0. The maximum absolute atomic E-state index is 11.7. The Labute approximate surface area is 172 Å². The number of ether oxygens (including phenoxy) is 2. The summed E-state index contributed by atoms with van der Waals surface area (Å²) in [7, 11) is 1.60. The summed E-state index contributed by atoms with van der Waals surface area (Å²) in [6.45, 7) is 4.09. The fourth-order valence-electron chi connectivity index (χ4n) is 3.89. The molecule has 4 rings (SSSR count). The van der Waals surface area contributed by atoms with E-state index < -0.39 is 0 Å². The van der Waals surface area contributed by atoms with E-state index in [-0.39, 0.29) is 5.91 Å². The van der Waals surface area contributed by atoms with Crippen LogP contribution in [0, 0.1) is 0 Å². The van der Waals surface area contributed by atoms with Crippen LogP contribution in [0.4, 0.5) is 0 Å². The number of carbonyl (C=O) groups excluding carboxylic acids is 1. The first-order valence-corrected chi connectivity index (χ1v) is 10.5. The van der Waals surface area contributed by atoms with Gasteiger partial charge in [0.2, 0.25) is 0 Å². The maximum Gasteiger partial charge on any atom is 0.269 e. The molecule has 1 fully saturated rings. The Kier molecular flexibility index (Phi) is 6.42. The first-order valence-electron chi connectivity index (χ1n) is 10.5. The highest BCUT2D eigenvalue weighted by atomic mass is 16.5. The first-order chi connectivity index (χ1) is 14.2. The fourth-order valence-corrected chi connectivity index (χ4v) is 3.89. The molecule has 1 aromatic carbocycles. The number of nitrogens with one attached hydrogen (secondary N) is 1. The Bertz CT molecular complexity index is 834. The number of nitrogens with zero attached hydrogens (tertiary/aromatic N) is 2. The Morgan fingerprint density at radius 2 is 1.93 bits per heavy atom. The SMILES string of the molecule is CNC(=O)c1ccc(-c2ccc3c(c2)CCOCCN(C2CCC2)CCO3)cn1. The van der Waals surface area contributed by atoms with Gasteiger partial charge in [-0.05, 0) is 48.6 Å². The van der Waals surface area contributed by atoms with E-state index in [4.69, 9.17) is 9.47 Å². The predicted molar refractivity (Wildman–Crippen MR) is 112 cm³/mol. The number of amides is 1. The van der Waals surface area contributed by atoms with Crippen LogP contribution in [0.1, 0.15) is 35.3 Å². The van der Waals surface area contributed by atoms with Gasteiger partial charge in [0.15, 0.2) is 0 Å². The molecule has 154 valence electrons. The van der Waals surface area contributed by atoms with Gasteiger partial charge in [-0.1, -0.05) is 18.6 Å². The molecule has 2 aromatic rings. The van der Waals surface area contributed by atoms with Crippen molar-refractivity contribution < 1.29 is 14.3 Å². The van der Waals surface area contributed by atoms with Crippen molar-refractivity contribution in [1.82, 2.24) is 15.2 Å². The summed E-state index contributed by atoms with van der Waals surface area (Å²) < 4.78 is 12.1. The molecule has 6 heteroatoms. The smallest absolute Gasteiger partial charge is 0.269 e. The first kappa shape index (κ1) is 19.9. The van der Waals surface area contributed by atoms with Crippen molar-refractivity contribution in [3.8, 4) is 16.9 Å². The highest BCUT2D eigenvalue weighted by Crippen LogP contribution is 2.28. The standard InChI is InChI=1S/C23H29N3O3/c1-24-23(27)21-7-5-19(16-25-21)17-6-8-22-18(15-17)9-12-28-13-10-26(11-14-29-22)20-3-2-4-20/h5-8,15-16,20H,2-4,9-14H2,1H3,(H,24,27). The number of benzene rings is 1. The molecule has 6 nitrogen and oxygen atoms in total. The molecule has 0 atom stereocenters. The molecule has 1 amide bonds. The molecule has 1 N–H and O–H groups in total. The third-order valence-corrected chi connectivity index (χ3v) is 5.88. The van der Waals surface area contributed by atoms with Gasteiger partial charge in [-0.3, -0.25) is 14.7 Å². The van der Waals surface area contributed by atoms with Gasteiger partial charge >= 0.3 is 0 Å². The van der Waals surface area contributed by atoms with E-state index in [1.54, 1.807) is 19.3 Å². The van der Waals surface area contributed by atoms with E-state index in [1.165, 1.54) is 19.3 Å². The van der Waals surface area contributed by atoms with Crippen LogP contribution in [-0.4, -0.2) is 61.8 Å². The molecule has 0 saturated heterocycles. The van der Waals surface area contributed by atoms with Crippen molar-refractivity contribution in [3.63, 3.8) is 0 Å². The number of pyridine rings is 1. The van der Waals surface area contributed by atoms with Crippen LogP contribution in [0.15, 0.2) is 36.5 Å². The van der Waals surface area contributed by atoms with Crippen molar-refractivity contribution in [2.24, 2.45) is 0 Å². The minimum Gasteiger partial charge on any atom is -0.492 e. The molecule has 1 aliphatic carbocycles. The summed E-state index contributed by atoms with van der Waals surface area (Å²) in [5.41, 5.74) is 3.61. The second-order valence-corrected chi connectivity index (χ2v) is 7.67. The average molecular weight is 396 g/mol. The molecule has 2 aliphatic rings. The summed E-state index contributed by atoms with van der Waals surface area (Å²) in [5, 5.41) is 2.59. The van der Waals surface area contributed by atoms with Crippen molar-refractivity contribution in [3.05, 3.63) is 47.8 Å². The van der Waals surface area contributed by atoms with Crippen LogP contribution in [0.25, 0.3) is 11.1 Å². The zero-order chi connectivity index (χ0) is 20.1. The normalized spacial score (nSPS) is 18.7. The van der Waals surface area contributed by atoms with Crippen molar-refractivity contribution in [2.45, 2.75) is 31.7 Å². The zero-order valence-corrected chi connectivity index (χ0v) is 17.0. The largest absolute Gasteiger partial charge is 0.492 e. The van der Waals surface area contributed by atoms with Crippen LogP contribution < -0.4 is 10.1 Å². The molecule has 0 unspecified atom stereocenters. The van der Waals surface area contributed by atoms with E-state index in [9.17, 15) is 4.79 Å². The monoisotopic (exact) mass is 395 g/mol. The van der Waals surface area contributed by atoms with Gasteiger partial charge in [-0.15, -0.1) is 0 Å². The van der Waals surface area contributed by atoms with Crippen LogP contribution in [-0.2, 0) is 11.2 Å². The van der Waals surface area contributed by atoms with Crippen molar-refractivity contribution >= 4 is 5.91 Å². The molecule has 1 saturated carbocycles. The molecular weight excluding hydrogens is 366 g/mol. The maximum atomic E-state index is 11.7. The van der Waals surface area contributed by atoms with E-state index in [1.807, 2.05) is 12.1 Å². The van der Waals surface area contributed by atoms with E-state index in [2.05, 4.69) is 27.3 Å². The Balaban J connectivity index is 1.49. The van der Waals surface area contributed by atoms with Crippen LogP contribution in [0.3, 0.4) is 0 Å². The molecule has 0 radical (unpaired) electrons. The number of hydrogen-bond donors (Lipinski definition) is 1. The topological polar surface area (TPSA) is 63.7 Å². The summed E-state index contributed by atoms with van der Waals surface area (Å²) in [6.07, 6.45) is 6.49. The number of aromatic nitrogens is 1. The quantitative estimate of drug-likeness (QED) is 0.866. The molecule has 29 heavy (non-hydrogen) atoms. The van der Waals surface area contributed by atoms with Crippen LogP contribution >= 0.6 is 0 Å². The molecule has 1 aliphatic heterocycles. The van der Waals surface area contributed by atoms with E-state index >= 15 is 0 Å². The third-order valence-electron chi connectivity index (χ3n) is 5.88. The number of fused-ring (bicyclic) bond motifs is 1.